The Bertz CT molecular complexity index is 2250. The van der Waals surface area contributed by atoms with Crippen LogP contribution in [-0.2, 0) is 0 Å². The minimum atomic E-state index is 1.11. The van der Waals surface area contributed by atoms with Crippen molar-refractivity contribution in [2.24, 2.45) is 0 Å². The molecule has 0 bridgehead atoms. The third kappa shape index (κ3) is 4.95. The van der Waals surface area contributed by atoms with Crippen LogP contribution >= 0.6 is 0 Å². The SMILES string of the molecule is c1ccc(-c2cccc(N(c3ccccc3)c3cccc(-c4cc5ccccc5c5ccccc45)c3-c3ccccc3)c2)cc1. The van der Waals surface area contributed by atoms with Gasteiger partial charge in [0, 0.05) is 16.9 Å². The molecule has 45 heavy (non-hydrogen) atoms. The first-order chi connectivity index (χ1) is 22.3. The molecule has 0 aliphatic heterocycles. The summed E-state index contributed by atoms with van der Waals surface area (Å²) in [6.45, 7) is 0. The van der Waals surface area contributed by atoms with E-state index in [1.165, 1.54) is 54.9 Å². The summed E-state index contributed by atoms with van der Waals surface area (Å²) in [5.74, 6) is 0. The summed E-state index contributed by atoms with van der Waals surface area (Å²) in [6, 6.07) is 67.7. The van der Waals surface area contributed by atoms with E-state index in [-0.39, 0.29) is 0 Å². The number of para-hydroxylation sites is 1. The van der Waals surface area contributed by atoms with Gasteiger partial charge in [0.05, 0.1) is 5.69 Å². The van der Waals surface area contributed by atoms with Crippen LogP contribution in [0.4, 0.5) is 17.1 Å². The summed E-state index contributed by atoms with van der Waals surface area (Å²) in [7, 11) is 0. The lowest BCUT2D eigenvalue weighted by atomic mass is 9.87. The van der Waals surface area contributed by atoms with Gasteiger partial charge in [-0.3, -0.25) is 0 Å². The highest BCUT2D eigenvalue weighted by Gasteiger charge is 2.22. The molecule has 1 heteroatoms. The number of hydrogen-bond acceptors (Lipinski definition) is 1. The molecule has 0 aliphatic rings. The molecule has 0 N–H and O–H groups in total. The molecule has 0 heterocycles. The van der Waals surface area contributed by atoms with Crippen molar-refractivity contribution in [2.75, 3.05) is 4.90 Å². The third-order valence-electron chi connectivity index (χ3n) is 8.63. The van der Waals surface area contributed by atoms with Crippen molar-refractivity contribution in [3.05, 3.63) is 188 Å². The molecule has 0 aromatic heterocycles. The molecule has 8 rings (SSSR count). The topological polar surface area (TPSA) is 3.24 Å². The molecule has 0 saturated carbocycles. The van der Waals surface area contributed by atoms with E-state index in [4.69, 9.17) is 0 Å². The van der Waals surface area contributed by atoms with E-state index in [0.29, 0.717) is 0 Å². The van der Waals surface area contributed by atoms with E-state index < -0.39 is 0 Å². The van der Waals surface area contributed by atoms with Gasteiger partial charge in [-0.25, -0.2) is 0 Å². The zero-order valence-corrected chi connectivity index (χ0v) is 24.8. The predicted molar refractivity (Wildman–Crippen MR) is 192 cm³/mol. The van der Waals surface area contributed by atoms with Crippen LogP contribution in [0.5, 0.6) is 0 Å². The van der Waals surface area contributed by atoms with Crippen LogP contribution in [0, 0.1) is 0 Å². The van der Waals surface area contributed by atoms with E-state index in [9.17, 15) is 0 Å². The lowest BCUT2D eigenvalue weighted by Gasteiger charge is -2.30. The molecular weight excluding hydrogens is 542 g/mol. The van der Waals surface area contributed by atoms with Crippen LogP contribution in [-0.4, -0.2) is 0 Å². The fraction of sp³-hybridized carbons (Fsp3) is 0. The number of hydrogen-bond donors (Lipinski definition) is 0. The maximum absolute atomic E-state index is 2.40. The first-order valence-electron chi connectivity index (χ1n) is 15.5. The average Bonchev–Trinajstić information content (AvgIpc) is 3.13. The van der Waals surface area contributed by atoms with Crippen LogP contribution in [0.3, 0.4) is 0 Å². The lowest BCUT2D eigenvalue weighted by molar-refractivity contribution is 1.28. The second-order valence-electron chi connectivity index (χ2n) is 11.3. The first kappa shape index (κ1) is 26.7. The fourth-order valence-corrected chi connectivity index (χ4v) is 6.60. The maximum atomic E-state index is 2.40. The molecule has 8 aromatic rings. The molecule has 0 unspecified atom stereocenters. The Morgan fingerprint density at radius 2 is 0.867 bits per heavy atom. The quantitative estimate of drug-likeness (QED) is 0.179. The Balaban J connectivity index is 1.44. The highest BCUT2D eigenvalue weighted by Crippen LogP contribution is 2.47. The molecule has 0 radical (unpaired) electrons. The van der Waals surface area contributed by atoms with E-state index in [0.717, 1.165) is 17.1 Å². The number of benzene rings is 8. The van der Waals surface area contributed by atoms with Gasteiger partial charge in [-0.1, -0.05) is 152 Å². The van der Waals surface area contributed by atoms with Crippen molar-refractivity contribution in [1.29, 1.82) is 0 Å². The first-order valence-corrected chi connectivity index (χ1v) is 15.5. The highest BCUT2D eigenvalue weighted by atomic mass is 15.1. The smallest absolute Gasteiger partial charge is 0.0546 e. The lowest BCUT2D eigenvalue weighted by Crippen LogP contribution is -2.11. The molecule has 212 valence electrons. The Morgan fingerprint density at radius 1 is 0.311 bits per heavy atom. The largest absolute Gasteiger partial charge is 0.310 e. The van der Waals surface area contributed by atoms with E-state index in [2.05, 4.69) is 193 Å². The molecule has 8 aromatic carbocycles. The molecule has 0 amide bonds. The van der Waals surface area contributed by atoms with Crippen molar-refractivity contribution in [2.45, 2.75) is 0 Å². The molecule has 0 atom stereocenters. The van der Waals surface area contributed by atoms with E-state index >= 15 is 0 Å². The van der Waals surface area contributed by atoms with Crippen molar-refractivity contribution in [3.63, 3.8) is 0 Å². The number of rotatable bonds is 6. The zero-order chi connectivity index (χ0) is 30.0. The fourth-order valence-electron chi connectivity index (χ4n) is 6.60. The van der Waals surface area contributed by atoms with Crippen LogP contribution in [0.2, 0.25) is 0 Å². The van der Waals surface area contributed by atoms with E-state index in [1.807, 2.05) is 0 Å². The van der Waals surface area contributed by atoms with Crippen LogP contribution < -0.4 is 4.90 Å². The van der Waals surface area contributed by atoms with Gasteiger partial charge in [0.2, 0.25) is 0 Å². The number of anilines is 3. The Labute approximate surface area is 264 Å². The summed E-state index contributed by atoms with van der Waals surface area (Å²) < 4.78 is 0. The second kappa shape index (κ2) is 11.6. The molecule has 0 fully saturated rings. The number of nitrogens with zero attached hydrogens (tertiary/aromatic N) is 1. The van der Waals surface area contributed by atoms with Crippen molar-refractivity contribution in [3.8, 4) is 33.4 Å². The van der Waals surface area contributed by atoms with Crippen LogP contribution in [0.1, 0.15) is 0 Å². The summed E-state index contributed by atoms with van der Waals surface area (Å²) >= 11 is 0. The van der Waals surface area contributed by atoms with E-state index in [1.54, 1.807) is 0 Å². The third-order valence-corrected chi connectivity index (χ3v) is 8.63. The highest BCUT2D eigenvalue weighted by molar-refractivity contribution is 6.15. The minimum Gasteiger partial charge on any atom is -0.310 e. The Morgan fingerprint density at radius 3 is 1.62 bits per heavy atom. The summed E-state index contributed by atoms with van der Waals surface area (Å²) in [5.41, 5.74) is 10.6. The molecule has 0 saturated heterocycles. The van der Waals surface area contributed by atoms with Gasteiger partial charge in [-0.2, -0.15) is 0 Å². The van der Waals surface area contributed by atoms with Gasteiger partial charge in [0.25, 0.3) is 0 Å². The number of fused-ring (bicyclic) bond motifs is 3. The standard InChI is InChI=1S/C44H31N/c1-4-16-32(17-5-1)34-21-14-24-37(30-34)45(36-22-8-3-9-23-36)43-29-15-28-41(44(43)33-18-6-2-7-19-33)42-31-35-20-10-11-25-38(35)39-26-12-13-27-40(39)42/h1-31H. The van der Waals surface area contributed by atoms with Gasteiger partial charge < -0.3 is 4.90 Å². The molecule has 0 spiro atoms. The summed E-state index contributed by atoms with van der Waals surface area (Å²) in [4.78, 5) is 2.40. The van der Waals surface area contributed by atoms with Crippen LogP contribution in [0.25, 0.3) is 54.9 Å². The second-order valence-corrected chi connectivity index (χ2v) is 11.3. The van der Waals surface area contributed by atoms with Crippen molar-refractivity contribution >= 4 is 38.6 Å². The molecule has 1 nitrogen and oxygen atoms in total. The molecule has 0 aliphatic carbocycles. The Kier molecular flexibility index (Phi) is 6.90. The van der Waals surface area contributed by atoms with Gasteiger partial charge in [0.1, 0.15) is 0 Å². The van der Waals surface area contributed by atoms with Crippen LogP contribution in [0.15, 0.2) is 188 Å². The van der Waals surface area contributed by atoms with Gasteiger partial charge in [-0.05, 0) is 85.8 Å². The Hall–Kier alpha value is -5.92. The predicted octanol–water partition coefficient (Wildman–Crippen LogP) is 12.5. The van der Waals surface area contributed by atoms with Gasteiger partial charge in [0.15, 0.2) is 0 Å². The van der Waals surface area contributed by atoms with Gasteiger partial charge >= 0.3 is 0 Å². The zero-order valence-electron chi connectivity index (χ0n) is 24.8. The van der Waals surface area contributed by atoms with Crippen molar-refractivity contribution < 1.29 is 0 Å². The van der Waals surface area contributed by atoms with Crippen molar-refractivity contribution in [1.82, 2.24) is 0 Å². The average molecular weight is 574 g/mol. The normalized spacial score (nSPS) is 11.1. The maximum Gasteiger partial charge on any atom is 0.0546 e. The summed E-state index contributed by atoms with van der Waals surface area (Å²) in [6.07, 6.45) is 0. The monoisotopic (exact) mass is 573 g/mol. The van der Waals surface area contributed by atoms with Gasteiger partial charge in [-0.15, -0.1) is 0 Å². The summed E-state index contributed by atoms with van der Waals surface area (Å²) in [5, 5.41) is 5.04. The molecular formula is C44H31N. The minimum absolute atomic E-state index is 1.11.